The van der Waals surface area contributed by atoms with E-state index in [0.717, 1.165) is 28.5 Å². The molecule has 0 atom stereocenters. The van der Waals surface area contributed by atoms with Gasteiger partial charge >= 0.3 is 0 Å². The molecule has 0 unspecified atom stereocenters. The van der Waals surface area contributed by atoms with E-state index in [1.807, 2.05) is 55.6 Å². The molecule has 2 aromatic carbocycles. The van der Waals surface area contributed by atoms with Crippen LogP contribution in [0, 0.1) is 18.3 Å². The summed E-state index contributed by atoms with van der Waals surface area (Å²) in [6.45, 7) is 3.36. The van der Waals surface area contributed by atoms with Crippen molar-refractivity contribution >= 4 is 34.3 Å². The SMILES string of the molecule is CSNC(=O)c1nc(N(CCc2cccc(C#N)c2)Cc2ccccc2)sc1C. The Hall–Kier alpha value is -2.82. The summed E-state index contributed by atoms with van der Waals surface area (Å²) in [5.41, 5.74) is 3.43. The molecule has 0 saturated heterocycles. The van der Waals surface area contributed by atoms with E-state index >= 15 is 0 Å². The lowest BCUT2D eigenvalue weighted by Gasteiger charge is -2.22. The third-order valence-electron chi connectivity index (χ3n) is 4.41. The monoisotopic (exact) mass is 422 g/mol. The van der Waals surface area contributed by atoms with E-state index in [1.54, 1.807) is 0 Å². The first-order chi connectivity index (χ1) is 14.1. The first-order valence-corrected chi connectivity index (χ1v) is 11.2. The van der Waals surface area contributed by atoms with Crippen LogP contribution in [0.2, 0.25) is 0 Å². The second-order valence-electron chi connectivity index (χ2n) is 6.51. The number of aromatic nitrogens is 1. The van der Waals surface area contributed by atoms with E-state index < -0.39 is 0 Å². The molecule has 148 valence electrons. The molecule has 1 aromatic heterocycles. The summed E-state index contributed by atoms with van der Waals surface area (Å²) in [6, 6.07) is 20.1. The zero-order chi connectivity index (χ0) is 20.6. The molecule has 3 aromatic rings. The van der Waals surface area contributed by atoms with Crippen LogP contribution >= 0.6 is 23.3 Å². The number of rotatable bonds is 8. The molecule has 7 heteroatoms. The fourth-order valence-electron chi connectivity index (χ4n) is 2.98. The molecule has 0 aliphatic carbocycles. The number of nitrogens with zero attached hydrogens (tertiary/aromatic N) is 3. The van der Waals surface area contributed by atoms with Crippen LogP contribution in [0.4, 0.5) is 5.13 Å². The predicted molar refractivity (Wildman–Crippen MR) is 120 cm³/mol. The van der Waals surface area contributed by atoms with Crippen molar-refractivity contribution in [3.8, 4) is 6.07 Å². The first-order valence-electron chi connectivity index (χ1n) is 9.19. The molecule has 1 N–H and O–H groups in total. The largest absolute Gasteiger partial charge is 0.343 e. The molecule has 3 rings (SSSR count). The molecule has 5 nitrogen and oxygen atoms in total. The zero-order valence-corrected chi connectivity index (χ0v) is 18.0. The molecular weight excluding hydrogens is 400 g/mol. The second-order valence-corrected chi connectivity index (χ2v) is 8.30. The van der Waals surface area contributed by atoms with Gasteiger partial charge in [0.2, 0.25) is 0 Å². The Bertz CT molecular complexity index is 1010. The summed E-state index contributed by atoms with van der Waals surface area (Å²) < 4.78 is 2.75. The third-order valence-corrected chi connectivity index (χ3v) is 5.83. The Morgan fingerprint density at radius 2 is 1.97 bits per heavy atom. The Morgan fingerprint density at radius 1 is 1.21 bits per heavy atom. The minimum absolute atomic E-state index is 0.168. The molecule has 0 aliphatic heterocycles. The van der Waals surface area contributed by atoms with Gasteiger partial charge in [0.05, 0.1) is 11.6 Å². The number of aryl methyl sites for hydroxylation is 1. The molecule has 0 aliphatic rings. The number of nitrogens with one attached hydrogen (secondary N) is 1. The number of benzene rings is 2. The van der Waals surface area contributed by atoms with Gasteiger partial charge in [0.25, 0.3) is 5.91 Å². The van der Waals surface area contributed by atoms with Crippen molar-refractivity contribution in [1.29, 1.82) is 5.26 Å². The summed E-state index contributed by atoms with van der Waals surface area (Å²) in [7, 11) is 0. The number of carbonyl (C=O) groups is 1. The predicted octanol–water partition coefficient (Wildman–Crippen LogP) is 4.58. The summed E-state index contributed by atoms with van der Waals surface area (Å²) in [6.07, 6.45) is 2.60. The number of thiazole rings is 1. The highest BCUT2D eigenvalue weighted by molar-refractivity contribution is 7.97. The van der Waals surface area contributed by atoms with Crippen molar-refractivity contribution in [3.05, 3.63) is 81.9 Å². The minimum Gasteiger partial charge on any atom is -0.343 e. The van der Waals surface area contributed by atoms with E-state index in [1.165, 1.54) is 28.8 Å². The summed E-state index contributed by atoms with van der Waals surface area (Å²) in [5, 5.41) is 9.96. The number of hydrogen-bond acceptors (Lipinski definition) is 6. The number of nitriles is 1. The van der Waals surface area contributed by atoms with Crippen molar-refractivity contribution in [2.45, 2.75) is 19.9 Å². The summed E-state index contributed by atoms with van der Waals surface area (Å²) in [4.78, 5) is 20.0. The Kier molecular flexibility index (Phi) is 7.28. The summed E-state index contributed by atoms with van der Waals surface area (Å²) in [5.74, 6) is -0.168. The maximum Gasteiger partial charge on any atom is 0.280 e. The number of anilines is 1. The van der Waals surface area contributed by atoms with Gasteiger partial charge in [-0.1, -0.05) is 54.4 Å². The molecule has 1 amide bonds. The fourth-order valence-corrected chi connectivity index (χ4v) is 4.19. The standard InChI is InChI=1S/C22H22N4OS2/c1-16-20(21(27)25-28-2)24-22(29-16)26(15-18-7-4-3-5-8-18)12-11-17-9-6-10-19(13-17)14-23/h3-10,13H,11-12,15H2,1-2H3,(H,25,27). The van der Waals surface area contributed by atoms with Crippen LogP contribution in [-0.2, 0) is 13.0 Å². The highest BCUT2D eigenvalue weighted by Crippen LogP contribution is 2.27. The van der Waals surface area contributed by atoms with E-state index in [-0.39, 0.29) is 5.91 Å². The third kappa shape index (κ3) is 5.59. The molecule has 0 spiro atoms. The number of hydrogen-bond donors (Lipinski definition) is 1. The van der Waals surface area contributed by atoms with Gasteiger partial charge in [0, 0.05) is 24.2 Å². The van der Waals surface area contributed by atoms with Crippen molar-refractivity contribution in [3.63, 3.8) is 0 Å². The molecule has 1 heterocycles. The van der Waals surface area contributed by atoms with Gasteiger partial charge in [-0.15, -0.1) is 11.3 Å². The Labute approximate surface area is 179 Å². The van der Waals surface area contributed by atoms with Crippen molar-refractivity contribution in [2.75, 3.05) is 17.7 Å². The van der Waals surface area contributed by atoms with Crippen LogP contribution in [-0.4, -0.2) is 23.7 Å². The van der Waals surface area contributed by atoms with Crippen molar-refractivity contribution < 1.29 is 4.79 Å². The molecule has 0 fully saturated rings. The Balaban J connectivity index is 1.84. The lowest BCUT2D eigenvalue weighted by atomic mass is 10.1. The molecule has 0 saturated carbocycles. The maximum absolute atomic E-state index is 12.3. The average molecular weight is 423 g/mol. The van der Waals surface area contributed by atoms with Crippen LogP contribution in [0.3, 0.4) is 0 Å². The molecule has 0 bridgehead atoms. The second kappa shape index (κ2) is 10.1. The first kappa shape index (κ1) is 20.9. The minimum atomic E-state index is -0.168. The lowest BCUT2D eigenvalue weighted by Crippen LogP contribution is -2.25. The van der Waals surface area contributed by atoms with Gasteiger partial charge in [-0.2, -0.15) is 5.26 Å². The quantitative estimate of drug-likeness (QED) is 0.538. The molecule has 29 heavy (non-hydrogen) atoms. The van der Waals surface area contributed by atoms with Gasteiger partial charge in [-0.25, -0.2) is 4.98 Å². The summed E-state index contributed by atoms with van der Waals surface area (Å²) >= 11 is 2.80. The van der Waals surface area contributed by atoms with Crippen LogP contribution in [0.25, 0.3) is 0 Å². The van der Waals surface area contributed by atoms with E-state index in [0.29, 0.717) is 17.8 Å². The Morgan fingerprint density at radius 3 is 2.69 bits per heavy atom. The van der Waals surface area contributed by atoms with Gasteiger partial charge in [-0.05, 0) is 36.6 Å². The van der Waals surface area contributed by atoms with E-state index in [2.05, 4.69) is 32.8 Å². The van der Waals surface area contributed by atoms with Crippen LogP contribution < -0.4 is 9.62 Å². The highest BCUT2D eigenvalue weighted by atomic mass is 32.2. The topological polar surface area (TPSA) is 69.0 Å². The highest BCUT2D eigenvalue weighted by Gasteiger charge is 2.19. The normalized spacial score (nSPS) is 10.4. The fraction of sp³-hybridized carbons (Fsp3) is 0.227. The molecule has 0 radical (unpaired) electrons. The van der Waals surface area contributed by atoms with Gasteiger partial charge in [0.1, 0.15) is 5.69 Å². The van der Waals surface area contributed by atoms with E-state index in [4.69, 9.17) is 5.26 Å². The number of carbonyl (C=O) groups excluding carboxylic acids is 1. The molecular formula is C22H22N4OS2. The van der Waals surface area contributed by atoms with Crippen LogP contribution in [0.15, 0.2) is 54.6 Å². The maximum atomic E-state index is 12.3. The number of amides is 1. The lowest BCUT2D eigenvalue weighted by molar-refractivity contribution is 0.0980. The van der Waals surface area contributed by atoms with Gasteiger partial charge in [-0.3, -0.25) is 9.52 Å². The van der Waals surface area contributed by atoms with Gasteiger partial charge < -0.3 is 4.90 Å². The van der Waals surface area contributed by atoms with E-state index in [9.17, 15) is 4.79 Å². The smallest absolute Gasteiger partial charge is 0.280 e. The zero-order valence-electron chi connectivity index (χ0n) is 16.4. The average Bonchev–Trinajstić information content (AvgIpc) is 3.14. The van der Waals surface area contributed by atoms with Crippen LogP contribution in [0.1, 0.15) is 32.1 Å². The van der Waals surface area contributed by atoms with Crippen LogP contribution in [0.5, 0.6) is 0 Å². The van der Waals surface area contributed by atoms with Crippen molar-refractivity contribution in [1.82, 2.24) is 9.71 Å². The van der Waals surface area contributed by atoms with Gasteiger partial charge in [0.15, 0.2) is 5.13 Å². The van der Waals surface area contributed by atoms with Crippen molar-refractivity contribution in [2.24, 2.45) is 0 Å².